The third-order valence-electron chi connectivity index (χ3n) is 3.38. The molecule has 2 atom stereocenters. The van der Waals surface area contributed by atoms with Crippen molar-refractivity contribution in [3.05, 3.63) is 22.7 Å². The molecule has 3 N–H and O–H groups in total. The molecule has 6 heteroatoms. The minimum atomic E-state index is -3.56. The fraction of sp³-hybridized carbons (Fsp3) is 0.571. The van der Waals surface area contributed by atoms with Gasteiger partial charge in [0.15, 0.2) is 0 Å². The summed E-state index contributed by atoms with van der Waals surface area (Å²) in [5, 5.41) is 0.400. The molecule has 0 aliphatic heterocycles. The molecule has 0 fully saturated rings. The molecule has 0 heterocycles. The fourth-order valence-electron chi connectivity index (χ4n) is 2.07. The molecule has 114 valence electrons. The van der Waals surface area contributed by atoms with Crippen LogP contribution in [0.2, 0.25) is 5.02 Å². The van der Waals surface area contributed by atoms with Crippen LogP contribution in [0.4, 0.5) is 5.69 Å². The Hall–Kier alpha value is -0.780. The number of halogens is 1. The molecule has 2 unspecified atom stereocenters. The second-order valence-corrected chi connectivity index (χ2v) is 7.51. The van der Waals surface area contributed by atoms with Crippen molar-refractivity contribution in [1.82, 2.24) is 4.72 Å². The van der Waals surface area contributed by atoms with Gasteiger partial charge in [0.05, 0.1) is 15.6 Å². The quantitative estimate of drug-likeness (QED) is 0.790. The normalized spacial score (nSPS) is 15.1. The number of anilines is 1. The predicted octanol–water partition coefficient (Wildman–Crippen LogP) is 3.33. The third-order valence-corrected chi connectivity index (χ3v) is 5.46. The molecule has 1 aromatic rings. The van der Waals surface area contributed by atoms with Crippen molar-refractivity contribution < 1.29 is 8.42 Å². The summed E-state index contributed by atoms with van der Waals surface area (Å²) in [6.45, 7) is 7.81. The lowest BCUT2D eigenvalue weighted by Gasteiger charge is -2.18. The number of nitrogens with two attached hydrogens (primary N) is 1. The van der Waals surface area contributed by atoms with Crippen LogP contribution in [0.25, 0.3) is 0 Å². The van der Waals surface area contributed by atoms with Gasteiger partial charge in [-0.05, 0) is 43.9 Å². The lowest BCUT2D eigenvalue weighted by atomic mass is 10.0. The first-order valence-electron chi connectivity index (χ1n) is 6.75. The van der Waals surface area contributed by atoms with Gasteiger partial charge in [-0.3, -0.25) is 0 Å². The number of benzene rings is 1. The Balaban J connectivity index is 2.94. The van der Waals surface area contributed by atoms with E-state index >= 15 is 0 Å². The number of hydrogen-bond acceptors (Lipinski definition) is 3. The highest BCUT2D eigenvalue weighted by molar-refractivity contribution is 7.89. The van der Waals surface area contributed by atoms with Gasteiger partial charge in [-0.2, -0.15) is 0 Å². The van der Waals surface area contributed by atoms with Gasteiger partial charge in [0, 0.05) is 6.04 Å². The summed E-state index contributed by atoms with van der Waals surface area (Å²) in [6, 6.07) is 2.82. The van der Waals surface area contributed by atoms with Crippen LogP contribution in [0.3, 0.4) is 0 Å². The number of aryl methyl sites for hydroxylation is 1. The molecule has 0 aromatic heterocycles. The van der Waals surface area contributed by atoms with E-state index in [0.29, 0.717) is 16.5 Å². The van der Waals surface area contributed by atoms with Crippen LogP contribution >= 0.6 is 11.6 Å². The van der Waals surface area contributed by atoms with Crippen LogP contribution in [0.5, 0.6) is 0 Å². The van der Waals surface area contributed by atoms with E-state index in [1.54, 1.807) is 6.92 Å². The zero-order chi connectivity index (χ0) is 15.5. The van der Waals surface area contributed by atoms with Crippen LogP contribution in [0.15, 0.2) is 17.0 Å². The first-order chi connectivity index (χ1) is 9.17. The van der Waals surface area contributed by atoms with E-state index in [1.807, 2.05) is 6.92 Å². The van der Waals surface area contributed by atoms with Crippen molar-refractivity contribution in [2.24, 2.45) is 5.92 Å². The molecule has 0 spiro atoms. The lowest BCUT2D eigenvalue weighted by molar-refractivity contribution is 0.445. The molecule has 0 aliphatic carbocycles. The van der Waals surface area contributed by atoms with Gasteiger partial charge in [-0.15, -0.1) is 0 Å². The molecular weight excluding hydrogens is 296 g/mol. The number of hydrogen-bond donors (Lipinski definition) is 2. The van der Waals surface area contributed by atoms with Crippen LogP contribution in [-0.2, 0) is 10.0 Å². The van der Waals surface area contributed by atoms with E-state index in [-0.39, 0.29) is 16.6 Å². The third kappa shape index (κ3) is 4.36. The fourth-order valence-corrected chi connectivity index (χ4v) is 3.55. The average Bonchev–Trinajstić information content (AvgIpc) is 2.34. The molecule has 0 radical (unpaired) electrons. The van der Waals surface area contributed by atoms with E-state index in [2.05, 4.69) is 18.6 Å². The lowest BCUT2D eigenvalue weighted by Crippen LogP contribution is -2.33. The summed E-state index contributed by atoms with van der Waals surface area (Å²) in [5.74, 6) is 0.477. The minimum absolute atomic E-state index is 0.118. The maximum atomic E-state index is 12.3. The molecule has 0 bridgehead atoms. The molecule has 20 heavy (non-hydrogen) atoms. The Kier molecular flexibility index (Phi) is 5.86. The van der Waals surface area contributed by atoms with Gasteiger partial charge < -0.3 is 5.73 Å². The van der Waals surface area contributed by atoms with E-state index in [0.717, 1.165) is 12.8 Å². The summed E-state index contributed by atoms with van der Waals surface area (Å²) in [4.78, 5) is 0.160. The highest BCUT2D eigenvalue weighted by Gasteiger charge is 2.20. The molecular formula is C14H23ClN2O2S. The summed E-state index contributed by atoms with van der Waals surface area (Å²) in [5.41, 5.74) is 6.66. The Bertz CT molecular complexity index is 550. The number of rotatable bonds is 6. The van der Waals surface area contributed by atoms with Crippen molar-refractivity contribution in [3.8, 4) is 0 Å². The predicted molar refractivity (Wildman–Crippen MR) is 84.5 cm³/mol. The summed E-state index contributed by atoms with van der Waals surface area (Å²) >= 11 is 5.95. The molecule has 1 rings (SSSR count). The second kappa shape index (κ2) is 6.78. The Morgan fingerprint density at radius 3 is 2.45 bits per heavy atom. The molecule has 0 amide bonds. The average molecular weight is 319 g/mol. The van der Waals surface area contributed by atoms with Crippen molar-refractivity contribution in [1.29, 1.82) is 0 Å². The highest BCUT2D eigenvalue weighted by atomic mass is 35.5. The molecule has 1 aromatic carbocycles. The number of nitrogen functional groups attached to an aromatic ring is 1. The molecule has 0 aliphatic rings. The number of nitrogens with one attached hydrogen (secondary N) is 1. The molecule has 0 saturated carbocycles. The second-order valence-electron chi connectivity index (χ2n) is 5.41. The van der Waals surface area contributed by atoms with E-state index < -0.39 is 10.0 Å². The first kappa shape index (κ1) is 17.3. The smallest absolute Gasteiger partial charge is 0.240 e. The topological polar surface area (TPSA) is 72.2 Å². The monoisotopic (exact) mass is 318 g/mol. The zero-order valence-electron chi connectivity index (χ0n) is 12.4. The summed E-state index contributed by atoms with van der Waals surface area (Å²) in [7, 11) is -3.56. The van der Waals surface area contributed by atoms with Gasteiger partial charge in [0.1, 0.15) is 0 Å². The van der Waals surface area contributed by atoms with Gasteiger partial charge in [0.25, 0.3) is 0 Å². The van der Waals surface area contributed by atoms with E-state index in [1.165, 1.54) is 12.1 Å². The largest absolute Gasteiger partial charge is 0.397 e. The van der Waals surface area contributed by atoms with Crippen LogP contribution in [0.1, 0.15) is 39.2 Å². The Morgan fingerprint density at radius 1 is 1.35 bits per heavy atom. The van der Waals surface area contributed by atoms with Gasteiger partial charge >= 0.3 is 0 Å². The van der Waals surface area contributed by atoms with E-state index in [9.17, 15) is 8.42 Å². The van der Waals surface area contributed by atoms with E-state index in [4.69, 9.17) is 17.3 Å². The SMILES string of the molecule is CCC(C)CC(C)NS(=O)(=O)c1cc(C)c(Cl)c(N)c1. The molecule has 0 saturated heterocycles. The van der Waals surface area contributed by atoms with Crippen LogP contribution in [0, 0.1) is 12.8 Å². The number of sulfonamides is 1. The maximum absolute atomic E-state index is 12.3. The van der Waals surface area contributed by atoms with Crippen LogP contribution < -0.4 is 10.5 Å². The first-order valence-corrected chi connectivity index (χ1v) is 8.61. The Labute approximate surface area is 126 Å². The van der Waals surface area contributed by atoms with Crippen LogP contribution in [-0.4, -0.2) is 14.5 Å². The zero-order valence-corrected chi connectivity index (χ0v) is 14.0. The van der Waals surface area contributed by atoms with Crippen molar-refractivity contribution in [3.63, 3.8) is 0 Å². The van der Waals surface area contributed by atoms with Crippen molar-refractivity contribution in [2.75, 3.05) is 5.73 Å². The van der Waals surface area contributed by atoms with Gasteiger partial charge in [-0.25, -0.2) is 13.1 Å². The highest BCUT2D eigenvalue weighted by Crippen LogP contribution is 2.27. The summed E-state index contributed by atoms with van der Waals surface area (Å²) < 4.78 is 27.3. The van der Waals surface area contributed by atoms with Gasteiger partial charge in [0.2, 0.25) is 10.0 Å². The Morgan fingerprint density at radius 2 is 1.95 bits per heavy atom. The molecule has 4 nitrogen and oxygen atoms in total. The van der Waals surface area contributed by atoms with Gasteiger partial charge in [-0.1, -0.05) is 31.9 Å². The van der Waals surface area contributed by atoms with Crippen molar-refractivity contribution >= 4 is 27.3 Å². The minimum Gasteiger partial charge on any atom is -0.397 e. The maximum Gasteiger partial charge on any atom is 0.240 e. The summed E-state index contributed by atoms with van der Waals surface area (Å²) in [6.07, 6.45) is 1.83. The van der Waals surface area contributed by atoms with Crippen molar-refractivity contribution in [2.45, 2.75) is 51.5 Å². The standard InChI is InChI=1S/C14H23ClN2O2S/c1-5-9(2)6-11(4)17-20(18,19)12-7-10(3)14(15)13(16)8-12/h7-9,11,17H,5-6,16H2,1-4H3.